The monoisotopic (exact) mass is 177 g/mol. The lowest BCUT2D eigenvalue weighted by Gasteiger charge is -2.30. The van der Waals surface area contributed by atoms with Gasteiger partial charge in [-0.15, -0.1) is 0 Å². The molecule has 0 heterocycles. The molecule has 4 heteroatoms. The van der Waals surface area contributed by atoms with Gasteiger partial charge in [0.15, 0.2) is 0 Å². The van der Waals surface area contributed by atoms with Gasteiger partial charge in [0.25, 0.3) is 0 Å². The summed E-state index contributed by atoms with van der Waals surface area (Å²) in [5.41, 5.74) is -0.434. The van der Waals surface area contributed by atoms with Crippen molar-refractivity contribution in [2.45, 2.75) is 38.5 Å². The summed E-state index contributed by atoms with van der Waals surface area (Å²) in [6.45, 7) is 5.37. The first-order chi connectivity index (χ1) is 5.40. The standard InChI is InChI=1S/C8H19NO3/c1-6(11)8(2,3)9-4-7(12)5-10/h6-7,9-12H,4-5H2,1-3H3/t6?,7-/m0/s1. The lowest BCUT2D eigenvalue weighted by atomic mass is 9.99. The van der Waals surface area contributed by atoms with E-state index in [0.717, 1.165) is 0 Å². The van der Waals surface area contributed by atoms with Crippen LogP contribution in [0.25, 0.3) is 0 Å². The number of hydrogen-bond acceptors (Lipinski definition) is 4. The van der Waals surface area contributed by atoms with E-state index in [1.807, 2.05) is 13.8 Å². The van der Waals surface area contributed by atoms with Crippen molar-refractivity contribution in [2.75, 3.05) is 13.2 Å². The van der Waals surface area contributed by atoms with Crippen molar-refractivity contribution < 1.29 is 15.3 Å². The first-order valence-electron chi connectivity index (χ1n) is 4.12. The first kappa shape index (κ1) is 11.8. The van der Waals surface area contributed by atoms with Crippen LogP contribution in [-0.4, -0.2) is 46.2 Å². The van der Waals surface area contributed by atoms with Gasteiger partial charge in [-0.05, 0) is 20.8 Å². The van der Waals surface area contributed by atoms with Crippen molar-refractivity contribution in [3.63, 3.8) is 0 Å². The van der Waals surface area contributed by atoms with Gasteiger partial charge in [0.05, 0.1) is 18.8 Å². The average molecular weight is 177 g/mol. The van der Waals surface area contributed by atoms with Crippen LogP contribution in [0.3, 0.4) is 0 Å². The zero-order valence-electron chi connectivity index (χ0n) is 7.91. The van der Waals surface area contributed by atoms with E-state index in [2.05, 4.69) is 5.32 Å². The lowest BCUT2D eigenvalue weighted by molar-refractivity contribution is 0.0596. The molecule has 0 aromatic carbocycles. The van der Waals surface area contributed by atoms with Crippen molar-refractivity contribution in [3.8, 4) is 0 Å². The van der Waals surface area contributed by atoms with E-state index >= 15 is 0 Å². The SMILES string of the molecule is CC(O)C(C)(C)NC[C@H](O)CO. The fourth-order valence-corrected chi connectivity index (χ4v) is 0.593. The summed E-state index contributed by atoms with van der Waals surface area (Å²) in [4.78, 5) is 0. The molecule has 74 valence electrons. The molecule has 0 saturated heterocycles. The Kier molecular flexibility index (Phi) is 4.70. The molecule has 0 aliphatic heterocycles. The molecule has 0 spiro atoms. The van der Waals surface area contributed by atoms with E-state index in [-0.39, 0.29) is 13.2 Å². The van der Waals surface area contributed by atoms with Crippen LogP contribution in [0, 0.1) is 0 Å². The minimum atomic E-state index is -0.761. The van der Waals surface area contributed by atoms with E-state index in [9.17, 15) is 5.11 Å². The molecule has 4 nitrogen and oxygen atoms in total. The molecule has 4 N–H and O–H groups in total. The first-order valence-corrected chi connectivity index (χ1v) is 4.12. The van der Waals surface area contributed by atoms with E-state index < -0.39 is 17.7 Å². The van der Waals surface area contributed by atoms with E-state index in [0.29, 0.717) is 0 Å². The Labute approximate surface area is 73.2 Å². The molecule has 0 aromatic heterocycles. The number of aliphatic hydroxyl groups is 3. The molecule has 0 radical (unpaired) electrons. The number of β-amino-alcohol motifs (C(OH)–C–C–N with tert-alkyl or cyclic N) is 1. The third kappa shape index (κ3) is 4.01. The predicted octanol–water partition coefficient (Wildman–Crippen LogP) is -0.911. The smallest absolute Gasteiger partial charge is 0.0895 e. The Bertz CT molecular complexity index is 125. The highest BCUT2D eigenvalue weighted by molar-refractivity contribution is 4.83. The summed E-state index contributed by atoms with van der Waals surface area (Å²) in [5, 5.41) is 29.7. The number of rotatable bonds is 5. The third-order valence-electron chi connectivity index (χ3n) is 2.05. The molecule has 0 amide bonds. The highest BCUT2D eigenvalue weighted by Crippen LogP contribution is 2.07. The molecule has 0 aliphatic carbocycles. The van der Waals surface area contributed by atoms with Gasteiger partial charge < -0.3 is 20.6 Å². The van der Waals surface area contributed by atoms with Gasteiger partial charge in [0.2, 0.25) is 0 Å². The second kappa shape index (κ2) is 4.77. The summed E-state index contributed by atoms with van der Waals surface area (Å²) in [5.74, 6) is 0. The lowest BCUT2D eigenvalue weighted by Crippen LogP contribution is -2.51. The van der Waals surface area contributed by atoms with Crippen LogP contribution in [0.15, 0.2) is 0 Å². The summed E-state index contributed by atoms with van der Waals surface area (Å²) < 4.78 is 0. The summed E-state index contributed by atoms with van der Waals surface area (Å²) in [7, 11) is 0. The molecule has 0 fully saturated rings. The van der Waals surface area contributed by atoms with Crippen molar-refractivity contribution in [2.24, 2.45) is 0 Å². The molecule has 0 saturated carbocycles. The topological polar surface area (TPSA) is 72.7 Å². The number of hydrogen-bond donors (Lipinski definition) is 4. The Hall–Kier alpha value is -0.160. The Morgan fingerprint density at radius 2 is 1.83 bits per heavy atom. The second-order valence-corrected chi connectivity index (χ2v) is 3.61. The van der Waals surface area contributed by atoms with Gasteiger partial charge in [-0.2, -0.15) is 0 Å². The minimum Gasteiger partial charge on any atom is -0.394 e. The zero-order valence-corrected chi connectivity index (χ0v) is 7.91. The van der Waals surface area contributed by atoms with Gasteiger partial charge >= 0.3 is 0 Å². The molecular weight excluding hydrogens is 158 g/mol. The van der Waals surface area contributed by atoms with Gasteiger partial charge in [0, 0.05) is 12.1 Å². The van der Waals surface area contributed by atoms with Crippen LogP contribution in [0.1, 0.15) is 20.8 Å². The molecule has 12 heavy (non-hydrogen) atoms. The maximum Gasteiger partial charge on any atom is 0.0895 e. The predicted molar refractivity (Wildman–Crippen MR) is 46.9 cm³/mol. The zero-order chi connectivity index (χ0) is 9.78. The van der Waals surface area contributed by atoms with Crippen molar-refractivity contribution in [1.82, 2.24) is 5.32 Å². The highest BCUT2D eigenvalue weighted by Gasteiger charge is 2.23. The summed E-state index contributed by atoms with van der Waals surface area (Å²) >= 11 is 0. The maximum absolute atomic E-state index is 9.26. The van der Waals surface area contributed by atoms with Crippen LogP contribution in [0.4, 0.5) is 0 Å². The van der Waals surface area contributed by atoms with Crippen molar-refractivity contribution >= 4 is 0 Å². The van der Waals surface area contributed by atoms with Crippen LogP contribution in [0.2, 0.25) is 0 Å². The van der Waals surface area contributed by atoms with Crippen LogP contribution < -0.4 is 5.32 Å². The molecule has 0 bridgehead atoms. The molecular formula is C8H19NO3. The van der Waals surface area contributed by atoms with E-state index in [1.165, 1.54) is 0 Å². The van der Waals surface area contributed by atoms with Crippen LogP contribution in [0.5, 0.6) is 0 Å². The van der Waals surface area contributed by atoms with Crippen LogP contribution >= 0.6 is 0 Å². The normalized spacial score (nSPS) is 17.5. The van der Waals surface area contributed by atoms with Gasteiger partial charge in [0.1, 0.15) is 0 Å². The largest absolute Gasteiger partial charge is 0.394 e. The van der Waals surface area contributed by atoms with Gasteiger partial charge in [-0.1, -0.05) is 0 Å². The molecule has 2 atom stereocenters. The van der Waals surface area contributed by atoms with Crippen molar-refractivity contribution in [1.29, 1.82) is 0 Å². The highest BCUT2D eigenvalue weighted by atomic mass is 16.3. The minimum absolute atomic E-state index is 0.261. The number of aliphatic hydroxyl groups excluding tert-OH is 3. The van der Waals surface area contributed by atoms with Gasteiger partial charge in [-0.25, -0.2) is 0 Å². The van der Waals surface area contributed by atoms with E-state index in [4.69, 9.17) is 10.2 Å². The summed E-state index contributed by atoms with van der Waals surface area (Å²) in [6.07, 6.45) is -1.26. The summed E-state index contributed by atoms with van der Waals surface area (Å²) in [6, 6.07) is 0. The Morgan fingerprint density at radius 3 is 2.17 bits per heavy atom. The second-order valence-electron chi connectivity index (χ2n) is 3.61. The fourth-order valence-electron chi connectivity index (χ4n) is 0.593. The fraction of sp³-hybridized carbons (Fsp3) is 1.00. The Balaban J connectivity index is 3.75. The quantitative estimate of drug-likeness (QED) is 0.438. The van der Waals surface area contributed by atoms with Crippen LogP contribution in [-0.2, 0) is 0 Å². The molecule has 0 rings (SSSR count). The van der Waals surface area contributed by atoms with Crippen molar-refractivity contribution in [3.05, 3.63) is 0 Å². The average Bonchev–Trinajstić information content (AvgIpc) is 2.00. The molecule has 0 aromatic rings. The van der Waals surface area contributed by atoms with Gasteiger partial charge in [-0.3, -0.25) is 0 Å². The van der Waals surface area contributed by atoms with E-state index in [1.54, 1.807) is 6.92 Å². The third-order valence-corrected chi connectivity index (χ3v) is 2.05. The number of nitrogens with one attached hydrogen (secondary N) is 1. The molecule has 1 unspecified atom stereocenters. The molecule has 0 aliphatic rings. The maximum atomic E-state index is 9.26. The Morgan fingerprint density at radius 1 is 1.33 bits per heavy atom.